The highest BCUT2D eigenvalue weighted by Crippen LogP contribution is 2.56. The lowest BCUT2D eigenvalue weighted by molar-refractivity contribution is 0.0146. The Morgan fingerprint density at radius 2 is 1.38 bits per heavy atom. The van der Waals surface area contributed by atoms with Gasteiger partial charge < -0.3 is 0 Å². The third-order valence-corrected chi connectivity index (χ3v) is 9.37. The summed E-state index contributed by atoms with van der Waals surface area (Å²) >= 11 is 0. The van der Waals surface area contributed by atoms with Crippen molar-refractivity contribution in [3.05, 3.63) is 0 Å². The van der Waals surface area contributed by atoms with Crippen LogP contribution in [0.4, 0.5) is 0 Å². The van der Waals surface area contributed by atoms with E-state index in [0.29, 0.717) is 0 Å². The molecule has 3 fully saturated rings. The van der Waals surface area contributed by atoms with Crippen LogP contribution >= 0.6 is 0 Å². The fraction of sp³-hybridized carbons (Fsp3) is 0.964. The molecule has 3 rings (SSSR count). The van der Waals surface area contributed by atoms with Crippen LogP contribution in [-0.2, 0) is 0 Å². The van der Waals surface area contributed by atoms with Crippen LogP contribution in [0.25, 0.3) is 0 Å². The predicted molar refractivity (Wildman–Crippen MR) is 125 cm³/mol. The number of nitrogens with zero attached hydrogens (tertiary/aromatic N) is 1. The van der Waals surface area contributed by atoms with Gasteiger partial charge in [-0.15, -0.1) is 0 Å². The number of nitriles is 1. The normalized spacial score (nSPS) is 37.6. The molecule has 0 aromatic rings. The van der Waals surface area contributed by atoms with Crippen molar-refractivity contribution in [2.75, 3.05) is 0 Å². The number of hydrogen-bond donors (Lipinski definition) is 0. The minimum atomic E-state index is 0.0571. The Labute approximate surface area is 182 Å². The van der Waals surface area contributed by atoms with E-state index >= 15 is 0 Å². The number of rotatable bonds is 10. The first-order valence-electron chi connectivity index (χ1n) is 13.6. The average molecular weight is 400 g/mol. The van der Waals surface area contributed by atoms with Crippen LogP contribution in [0, 0.1) is 46.3 Å². The van der Waals surface area contributed by atoms with E-state index < -0.39 is 0 Å². The largest absolute Gasteiger partial charge is 0.198 e. The van der Waals surface area contributed by atoms with Gasteiger partial charge in [-0.25, -0.2) is 0 Å². The van der Waals surface area contributed by atoms with Gasteiger partial charge in [0.25, 0.3) is 0 Å². The Hall–Kier alpha value is -0.510. The summed E-state index contributed by atoms with van der Waals surface area (Å²) in [5, 5.41) is 10.2. The summed E-state index contributed by atoms with van der Waals surface area (Å²) in [6.07, 6.45) is 26.6. The summed E-state index contributed by atoms with van der Waals surface area (Å²) in [7, 11) is 0. The van der Waals surface area contributed by atoms with E-state index in [1.54, 1.807) is 0 Å². The van der Waals surface area contributed by atoms with Crippen molar-refractivity contribution in [3.63, 3.8) is 0 Å². The molecule has 0 N–H and O–H groups in total. The van der Waals surface area contributed by atoms with Gasteiger partial charge in [0.05, 0.1) is 11.5 Å². The van der Waals surface area contributed by atoms with E-state index in [2.05, 4.69) is 19.9 Å². The molecule has 1 heteroatoms. The molecule has 0 bridgehead atoms. The SMILES string of the molecule is CCCCCCC1CCC2CC(C3CCC(CCCCC)CC3)CCC2(C#N)C1. The molecule has 0 saturated heterocycles. The highest BCUT2D eigenvalue weighted by Gasteiger charge is 2.48. The molecular formula is C28H49N. The third-order valence-electron chi connectivity index (χ3n) is 9.37. The molecular weight excluding hydrogens is 350 g/mol. The van der Waals surface area contributed by atoms with Crippen LogP contribution < -0.4 is 0 Å². The Bertz CT molecular complexity index is 497. The lowest BCUT2D eigenvalue weighted by atomic mass is 9.53. The number of hydrogen-bond acceptors (Lipinski definition) is 1. The molecule has 0 heterocycles. The maximum atomic E-state index is 10.2. The number of fused-ring (bicyclic) bond motifs is 1. The molecule has 166 valence electrons. The molecule has 4 unspecified atom stereocenters. The van der Waals surface area contributed by atoms with Crippen LogP contribution in [0.2, 0.25) is 0 Å². The van der Waals surface area contributed by atoms with Crippen LogP contribution in [-0.4, -0.2) is 0 Å². The van der Waals surface area contributed by atoms with E-state index in [9.17, 15) is 5.26 Å². The van der Waals surface area contributed by atoms with Crippen LogP contribution in [0.5, 0.6) is 0 Å². The van der Waals surface area contributed by atoms with Crippen molar-refractivity contribution in [1.82, 2.24) is 0 Å². The summed E-state index contributed by atoms with van der Waals surface area (Å²) in [6.45, 7) is 4.62. The van der Waals surface area contributed by atoms with Gasteiger partial charge in [-0.05, 0) is 74.5 Å². The zero-order chi connectivity index (χ0) is 20.5. The van der Waals surface area contributed by atoms with Gasteiger partial charge in [0.2, 0.25) is 0 Å². The summed E-state index contributed by atoms with van der Waals surface area (Å²) in [5.74, 6) is 4.53. The second kappa shape index (κ2) is 11.8. The lowest BCUT2D eigenvalue weighted by Crippen LogP contribution is -2.42. The van der Waals surface area contributed by atoms with Crippen molar-refractivity contribution in [3.8, 4) is 6.07 Å². The third kappa shape index (κ3) is 6.24. The highest BCUT2D eigenvalue weighted by molar-refractivity contribution is 5.09. The maximum absolute atomic E-state index is 10.2. The zero-order valence-corrected chi connectivity index (χ0v) is 19.8. The van der Waals surface area contributed by atoms with Crippen molar-refractivity contribution in [1.29, 1.82) is 5.26 Å². The molecule has 3 aliphatic carbocycles. The van der Waals surface area contributed by atoms with E-state index in [1.807, 2.05) is 0 Å². The molecule has 1 nitrogen and oxygen atoms in total. The maximum Gasteiger partial charge on any atom is 0.0692 e. The van der Waals surface area contributed by atoms with Crippen LogP contribution in [0.3, 0.4) is 0 Å². The van der Waals surface area contributed by atoms with Gasteiger partial charge in [0.1, 0.15) is 0 Å². The monoisotopic (exact) mass is 399 g/mol. The van der Waals surface area contributed by atoms with E-state index in [4.69, 9.17) is 0 Å². The van der Waals surface area contributed by atoms with Gasteiger partial charge >= 0.3 is 0 Å². The smallest absolute Gasteiger partial charge is 0.0692 e. The lowest BCUT2D eigenvalue weighted by Gasteiger charge is -2.50. The molecule has 3 saturated carbocycles. The molecule has 0 aromatic carbocycles. The zero-order valence-electron chi connectivity index (χ0n) is 19.8. The average Bonchev–Trinajstić information content (AvgIpc) is 2.77. The Balaban J connectivity index is 1.45. The molecule has 0 aromatic heterocycles. The van der Waals surface area contributed by atoms with E-state index in [1.165, 1.54) is 122 Å². The molecule has 0 spiro atoms. The molecule has 29 heavy (non-hydrogen) atoms. The van der Waals surface area contributed by atoms with Crippen molar-refractivity contribution in [2.24, 2.45) is 35.0 Å². The molecule has 0 aliphatic heterocycles. The van der Waals surface area contributed by atoms with Crippen molar-refractivity contribution >= 4 is 0 Å². The summed E-state index contributed by atoms with van der Waals surface area (Å²) < 4.78 is 0. The number of unbranched alkanes of at least 4 members (excludes halogenated alkanes) is 5. The first-order chi connectivity index (χ1) is 14.2. The molecule has 0 radical (unpaired) electrons. The fourth-order valence-electron chi connectivity index (χ4n) is 7.43. The summed E-state index contributed by atoms with van der Waals surface area (Å²) in [6, 6.07) is 2.91. The van der Waals surface area contributed by atoms with Crippen molar-refractivity contribution < 1.29 is 0 Å². The van der Waals surface area contributed by atoms with Crippen LogP contribution in [0.15, 0.2) is 0 Å². The minimum Gasteiger partial charge on any atom is -0.198 e. The first kappa shape index (κ1) is 23.2. The van der Waals surface area contributed by atoms with Gasteiger partial charge in [-0.1, -0.05) is 90.9 Å². The molecule has 0 amide bonds. The Kier molecular flexibility index (Phi) is 9.40. The van der Waals surface area contributed by atoms with E-state index in [-0.39, 0.29) is 5.41 Å². The quantitative estimate of drug-likeness (QED) is 0.336. The predicted octanol–water partition coefficient (Wildman–Crippen LogP) is 9.07. The molecule has 4 atom stereocenters. The second-order valence-electron chi connectivity index (χ2n) is 11.3. The van der Waals surface area contributed by atoms with E-state index in [0.717, 1.165) is 29.6 Å². The fourth-order valence-corrected chi connectivity index (χ4v) is 7.43. The Morgan fingerprint density at radius 1 is 0.724 bits per heavy atom. The Morgan fingerprint density at radius 3 is 2.10 bits per heavy atom. The second-order valence-corrected chi connectivity index (χ2v) is 11.3. The highest BCUT2D eigenvalue weighted by atomic mass is 14.5. The first-order valence-corrected chi connectivity index (χ1v) is 13.6. The standard InChI is InChI=1S/C28H49N/c1-3-5-7-9-11-24-14-17-27-20-26(18-19-28(27,21-24)22-29)25-15-12-23(13-16-25)10-8-6-4-2/h23-27H,3-21H2,1-2H3. The topological polar surface area (TPSA) is 23.8 Å². The van der Waals surface area contributed by atoms with Crippen molar-refractivity contribution in [2.45, 2.75) is 136 Å². The summed E-state index contributed by atoms with van der Waals surface area (Å²) in [4.78, 5) is 0. The van der Waals surface area contributed by atoms with Gasteiger partial charge in [0.15, 0.2) is 0 Å². The summed E-state index contributed by atoms with van der Waals surface area (Å²) in [5.41, 5.74) is 0.0571. The van der Waals surface area contributed by atoms with Gasteiger partial charge in [-0.2, -0.15) is 5.26 Å². The van der Waals surface area contributed by atoms with Gasteiger partial charge in [0, 0.05) is 0 Å². The van der Waals surface area contributed by atoms with Gasteiger partial charge in [-0.3, -0.25) is 0 Å². The minimum absolute atomic E-state index is 0.0571. The van der Waals surface area contributed by atoms with Crippen LogP contribution in [0.1, 0.15) is 136 Å². The molecule has 3 aliphatic rings.